The topological polar surface area (TPSA) is 237 Å². The maximum Gasteiger partial charge on any atom is 0.472 e. The molecule has 3 N–H and O–H groups in total. The van der Waals surface area contributed by atoms with E-state index in [0.29, 0.717) is 25.7 Å². The van der Waals surface area contributed by atoms with Crippen molar-refractivity contribution in [1.82, 2.24) is 0 Å². The third-order valence-corrected chi connectivity index (χ3v) is 19.2. The quantitative estimate of drug-likeness (QED) is 0.0222. The highest BCUT2D eigenvalue weighted by Gasteiger charge is 2.30. The lowest BCUT2D eigenvalue weighted by atomic mass is 10.0. The minimum atomic E-state index is -4.96. The van der Waals surface area contributed by atoms with Gasteiger partial charge in [-0.05, 0) is 49.4 Å². The average Bonchev–Trinajstić information content (AvgIpc) is 1.12. The van der Waals surface area contributed by atoms with Crippen molar-refractivity contribution in [3.8, 4) is 0 Å². The van der Waals surface area contributed by atoms with Gasteiger partial charge in [-0.2, -0.15) is 0 Å². The molecule has 17 nitrogen and oxygen atoms in total. The number of unbranched alkanes of at least 4 members (excludes halogenated alkanes) is 38. The van der Waals surface area contributed by atoms with Gasteiger partial charge in [0.15, 0.2) is 12.2 Å². The van der Waals surface area contributed by atoms with Gasteiger partial charge in [-0.25, -0.2) is 9.13 Å². The molecule has 0 saturated carbocycles. The highest BCUT2D eigenvalue weighted by atomic mass is 31.2. The molecule has 94 heavy (non-hydrogen) atoms. The van der Waals surface area contributed by atoms with Crippen LogP contribution in [0.4, 0.5) is 0 Å². The van der Waals surface area contributed by atoms with Crippen LogP contribution in [0.1, 0.15) is 376 Å². The Kier molecular flexibility index (Phi) is 63.1. The summed E-state index contributed by atoms with van der Waals surface area (Å²) in [4.78, 5) is 72.8. The molecule has 0 rings (SSSR count). The van der Waals surface area contributed by atoms with Crippen LogP contribution in [0, 0.1) is 23.7 Å². The van der Waals surface area contributed by atoms with Gasteiger partial charge in [0.1, 0.15) is 19.3 Å². The molecule has 0 aliphatic carbocycles. The van der Waals surface area contributed by atoms with Crippen molar-refractivity contribution in [3.05, 3.63) is 0 Å². The molecule has 0 heterocycles. The summed E-state index contributed by atoms with van der Waals surface area (Å²) in [5.41, 5.74) is 0. The van der Waals surface area contributed by atoms with Crippen molar-refractivity contribution < 1.29 is 80.2 Å². The van der Waals surface area contributed by atoms with Gasteiger partial charge in [-0.3, -0.25) is 37.3 Å². The minimum absolute atomic E-state index is 0.104. The normalized spacial score (nSPS) is 14.2. The van der Waals surface area contributed by atoms with Crippen LogP contribution in [0.15, 0.2) is 0 Å². The number of aliphatic hydroxyl groups excluding tert-OH is 1. The van der Waals surface area contributed by atoms with E-state index < -0.39 is 97.5 Å². The first-order valence-corrected chi connectivity index (χ1v) is 41.7. The lowest BCUT2D eigenvalue weighted by Crippen LogP contribution is -2.30. The summed E-state index contributed by atoms with van der Waals surface area (Å²) < 4.78 is 68.5. The second kappa shape index (κ2) is 64.4. The maximum atomic E-state index is 13.1. The summed E-state index contributed by atoms with van der Waals surface area (Å²) in [6.45, 7) is 14.2. The van der Waals surface area contributed by atoms with Gasteiger partial charge in [-0.15, -0.1) is 0 Å². The molecule has 0 aromatic rings. The predicted molar refractivity (Wildman–Crippen MR) is 381 cm³/mol. The fourth-order valence-electron chi connectivity index (χ4n) is 11.4. The second-order valence-electron chi connectivity index (χ2n) is 28.9. The van der Waals surface area contributed by atoms with Gasteiger partial charge in [-0.1, -0.05) is 325 Å². The monoisotopic (exact) mass is 1380 g/mol. The predicted octanol–water partition coefficient (Wildman–Crippen LogP) is 21.7. The largest absolute Gasteiger partial charge is 0.472 e. The van der Waals surface area contributed by atoms with E-state index in [4.69, 9.17) is 37.0 Å². The highest BCUT2D eigenvalue weighted by molar-refractivity contribution is 7.47. The van der Waals surface area contributed by atoms with Crippen molar-refractivity contribution in [3.63, 3.8) is 0 Å². The first-order valence-electron chi connectivity index (χ1n) is 38.7. The number of rotatable bonds is 72. The standard InChI is InChI=1S/C75H146O17P2/c1-65(2)51-43-35-27-19-14-11-9-10-12-16-22-31-39-47-55-72(77)85-61-70(91-74(79)57-49-41-33-23-17-13-15-20-28-36-44-52-66(3)4)63-89-93(81,82)87-59-69(76)60-88-94(83,84)90-64-71(62-86-73(78)56-48-40-32-26-25-30-38-46-54-68(7)8)92-75(80)58-50-42-34-24-18-21-29-37-45-53-67(5)6/h65-71,76H,9-64H2,1-8H3,(H,81,82)(H,83,84)/t69?,70-,71-/m1/s1. The molecular formula is C75H146O17P2. The van der Waals surface area contributed by atoms with Gasteiger partial charge in [0.05, 0.1) is 26.4 Å². The van der Waals surface area contributed by atoms with Gasteiger partial charge in [0.2, 0.25) is 0 Å². The van der Waals surface area contributed by atoms with Crippen LogP contribution in [-0.2, 0) is 65.4 Å². The van der Waals surface area contributed by atoms with Gasteiger partial charge < -0.3 is 33.8 Å². The third kappa shape index (κ3) is 68.6. The van der Waals surface area contributed by atoms with Gasteiger partial charge in [0, 0.05) is 25.7 Å². The van der Waals surface area contributed by atoms with Crippen LogP contribution in [0.2, 0.25) is 0 Å². The Morgan fingerprint density at radius 1 is 0.266 bits per heavy atom. The number of carbonyl (C=O) groups excluding carboxylic acids is 4. The lowest BCUT2D eigenvalue weighted by Gasteiger charge is -2.21. The highest BCUT2D eigenvalue weighted by Crippen LogP contribution is 2.45. The molecule has 0 spiro atoms. The van der Waals surface area contributed by atoms with Crippen LogP contribution in [0.3, 0.4) is 0 Å². The summed E-state index contributed by atoms with van der Waals surface area (Å²) in [7, 11) is -9.91. The molecule has 0 bridgehead atoms. The first-order chi connectivity index (χ1) is 45.1. The molecule has 0 amide bonds. The smallest absolute Gasteiger partial charge is 0.462 e. The molecule has 0 aliphatic rings. The van der Waals surface area contributed by atoms with E-state index in [1.54, 1.807) is 0 Å². The number of ether oxygens (including phenoxy) is 4. The molecule has 0 radical (unpaired) electrons. The maximum absolute atomic E-state index is 13.1. The number of aliphatic hydroxyl groups is 1. The van der Waals surface area contributed by atoms with E-state index in [1.807, 2.05) is 0 Å². The molecular weight excluding hydrogens is 1230 g/mol. The van der Waals surface area contributed by atoms with Crippen molar-refractivity contribution in [2.75, 3.05) is 39.6 Å². The Hall–Kier alpha value is -1.94. The molecule has 0 aromatic heterocycles. The summed E-state index contributed by atoms with van der Waals surface area (Å²) in [5.74, 6) is 0.905. The summed E-state index contributed by atoms with van der Waals surface area (Å²) in [5, 5.41) is 10.6. The summed E-state index contributed by atoms with van der Waals surface area (Å²) >= 11 is 0. The Morgan fingerprint density at radius 3 is 0.660 bits per heavy atom. The zero-order chi connectivity index (χ0) is 69.6. The van der Waals surface area contributed by atoms with Crippen molar-refractivity contribution in [2.45, 2.75) is 395 Å². The average molecular weight is 1380 g/mol. The third-order valence-electron chi connectivity index (χ3n) is 17.3. The van der Waals surface area contributed by atoms with E-state index >= 15 is 0 Å². The van der Waals surface area contributed by atoms with E-state index in [0.717, 1.165) is 114 Å². The van der Waals surface area contributed by atoms with Gasteiger partial charge in [0.25, 0.3) is 0 Å². The number of phosphoric acid groups is 2. The van der Waals surface area contributed by atoms with Crippen LogP contribution in [0.25, 0.3) is 0 Å². The zero-order valence-electron chi connectivity index (χ0n) is 61.6. The lowest BCUT2D eigenvalue weighted by molar-refractivity contribution is -0.161. The Balaban J connectivity index is 5.25. The molecule has 19 heteroatoms. The second-order valence-corrected chi connectivity index (χ2v) is 31.9. The van der Waals surface area contributed by atoms with Crippen LogP contribution in [0.5, 0.6) is 0 Å². The van der Waals surface area contributed by atoms with Crippen LogP contribution >= 0.6 is 15.6 Å². The SMILES string of the molecule is CC(C)CCCCCCCCCCCCCCCCC(=O)OC[C@H](COP(=O)(O)OCC(O)COP(=O)(O)OC[C@@H](COC(=O)CCCCCCCCCCC(C)C)OC(=O)CCCCCCCCCCCC(C)C)OC(=O)CCCCCCCCCCCCCC(C)C. The molecule has 0 aliphatic heterocycles. The molecule has 558 valence electrons. The van der Waals surface area contributed by atoms with Crippen molar-refractivity contribution in [2.24, 2.45) is 23.7 Å². The summed E-state index contributed by atoms with van der Waals surface area (Å²) in [6, 6.07) is 0. The number of esters is 4. The summed E-state index contributed by atoms with van der Waals surface area (Å²) in [6.07, 6.45) is 48.6. The number of carbonyl (C=O) groups is 4. The fourth-order valence-corrected chi connectivity index (χ4v) is 13.0. The van der Waals surface area contributed by atoms with E-state index in [-0.39, 0.29) is 25.7 Å². The Bertz CT molecular complexity index is 1850. The number of hydrogen-bond acceptors (Lipinski definition) is 15. The molecule has 3 unspecified atom stereocenters. The van der Waals surface area contributed by atoms with Crippen LogP contribution < -0.4 is 0 Å². The minimum Gasteiger partial charge on any atom is -0.462 e. The van der Waals surface area contributed by atoms with Gasteiger partial charge >= 0.3 is 39.5 Å². The molecule has 5 atom stereocenters. The number of hydrogen-bond donors (Lipinski definition) is 3. The molecule has 0 aromatic carbocycles. The molecule has 0 saturated heterocycles. The van der Waals surface area contributed by atoms with Crippen molar-refractivity contribution in [1.29, 1.82) is 0 Å². The zero-order valence-corrected chi connectivity index (χ0v) is 63.4. The van der Waals surface area contributed by atoms with E-state index in [1.165, 1.54) is 180 Å². The Labute approximate surface area is 575 Å². The molecule has 0 fully saturated rings. The van der Waals surface area contributed by atoms with Crippen molar-refractivity contribution >= 4 is 39.5 Å². The first kappa shape index (κ1) is 92.1. The fraction of sp³-hybridized carbons (Fsp3) is 0.947. The van der Waals surface area contributed by atoms with E-state index in [9.17, 15) is 43.2 Å². The van der Waals surface area contributed by atoms with E-state index in [2.05, 4.69) is 55.4 Å². The number of phosphoric ester groups is 2. The van der Waals surface area contributed by atoms with Crippen LogP contribution in [-0.4, -0.2) is 96.7 Å². The Morgan fingerprint density at radius 2 is 0.447 bits per heavy atom.